The van der Waals surface area contributed by atoms with E-state index in [1.807, 2.05) is 39.0 Å². The summed E-state index contributed by atoms with van der Waals surface area (Å²) in [6, 6.07) is 11.7. The highest BCUT2D eigenvalue weighted by Gasteiger charge is 2.14. The molecule has 0 saturated heterocycles. The van der Waals surface area contributed by atoms with E-state index in [9.17, 15) is 14.4 Å². The van der Waals surface area contributed by atoms with Gasteiger partial charge in [-0.25, -0.2) is 9.59 Å². The Bertz CT molecular complexity index is 1130. The summed E-state index contributed by atoms with van der Waals surface area (Å²) < 4.78 is 16.0. The molecule has 0 saturated carbocycles. The molecule has 0 aliphatic heterocycles. The van der Waals surface area contributed by atoms with E-state index in [2.05, 4.69) is 5.32 Å². The first-order valence-electron chi connectivity index (χ1n) is 9.63. The first kappa shape index (κ1) is 21.1. The second-order valence-corrected chi connectivity index (χ2v) is 6.99. The molecule has 156 valence electrons. The zero-order valence-corrected chi connectivity index (χ0v) is 17.1. The first-order valence-corrected chi connectivity index (χ1v) is 9.63. The summed E-state index contributed by atoms with van der Waals surface area (Å²) in [5.41, 5.74) is 1.46. The third-order valence-electron chi connectivity index (χ3n) is 4.27. The Morgan fingerprint density at radius 2 is 1.73 bits per heavy atom. The lowest BCUT2D eigenvalue weighted by Gasteiger charge is -2.09. The molecule has 3 aromatic rings. The topological polar surface area (TPSA) is 94.8 Å². The van der Waals surface area contributed by atoms with Crippen LogP contribution in [0.2, 0.25) is 0 Å². The molecule has 1 heterocycles. The Morgan fingerprint density at radius 1 is 1.00 bits per heavy atom. The lowest BCUT2D eigenvalue weighted by Crippen LogP contribution is -2.28. The molecule has 1 amide bonds. The SMILES string of the molecule is CCCNC(=O)c1cc2ccc(OC(=O)COc3cc(C)cc(C)c3)cc2oc1=O. The summed E-state index contributed by atoms with van der Waals surface area (Å²) in [7, 11) is 0. The van der Waals surface area contributed by atoms with Crippen molar-refractivity contribution in [3.05, 3.63) is 69.6 Å². The van der Waals surface area contributed by atoms with Crippen molar-refractivity contribution in [2.24, 2.45) is 0 Å². The van der Waals surface area contributed by atoms with Gasteiger partial charge in [0.15, 0.2) is 6.61 Å². The lowest BCUT2D eigenvalue weighted by molar-refractivity contribution is -0.136. The second kappa shape index (κ2) is 9.26. The molecule has 0 fully saturated rings. The van der Waals surface area contributed by atoms with E-state index in [4.69, 9.17) is 13.9 Å². The fourth-order valence-electron chi connectivity index (χ4n) is 2.97. The molecular weight excluding hydrogens is 386 g/mol. The summed E-state index contributed by atoms with van der Waals surface area (Å²) in [6.07, 6.45) is 0.757. The molecule has 0 aliphatic rings. The van der Waals surface area contributed by atoms with Crippen molar-refractivity contribution in [1.82, 2.24) is 5.32 Å². The number of ether oxygens (including phenoxy) is 2. The van der Waals surface area contributed by atoms with Crippen LogP contribution in [0.4, 0.5) is 0 Å². The van der Waals surface area contributed by atoms with Gasteiger partial charge in [-0.05, 0) is 61.7 Å². The molecule has 3 rings (SSSR count). The van der Waals surface area contributed by atoms with E-state index in [0.29, 0.717) is 17.7 Å². The Labute approximate surface area is 173 Å². The summed E-state index contributed by atoms with van der Waals surface area (Å²) >= 11 is 0. The number of amides is 1. The fourth-order valence-corrected chi connectivity index (χ4v) is 2.97. The largest absolute Gasteiger partial charge is 0.482 e. The molecular formula is C23H23NO6. The van der Waals surface area contributed by atoms with E-state index >= 15 is 0 Å². The van der Waals surface area contributed by atoms with Crippen LogP contribution >= 0.6 is 0 Å². The molecule has 7 nitrogen and oxygen atoms in total. The van der Waals surface area contributed by atoms with Crippen LogP contribution in [-0.4, -0.2) is 25.0 Å². The smallest absolute Gasteiger partial charge is 0.349 e. The van der Waals surface area contributed by atoms with Gasteiger partial charge in [0.05, 0.1) is 0 Å². The molecule has 1 aromatic heterocycles. The minimum atomic E-state index is -0.752. The van der Waals surface area contributed by atoms with Crippen molar-refractivity contribution in [1.29, 1.82) is 0 Å². The summed E-state index contributed by atoms with van der Waals surface area (Å²) in [4.78, 5) is 36.3. The van der Waals surface area contributed by atoms with E-state index in [-0.39, 0.29) is 23.5 Å². The van der Waals surface area contributed by atoms with Crippen LogP contribution < -0.4 is 20.4 Å². The van der Waals surface area contributed by atoms with Crippen molar-refractivity contribution in [2.45, 2.75) is 27.2 Å². The third kappa shape index (κ3) is 5.26. The van der Waals surface area contributed by atoms with Crippen LogP contribution in [0.3, 0.4) is 0 Å². The van der Waals surface area contributed by atoms with Crippen molar-refractivity contribution in [3.8, 4) is 11.5 Å². The van der Waals surface area contributed by atoms with Crippen LogP contribution in [0.25, 0.3) is 11.0 Å². The van der Waals surface area contributed by atoms with Gasteiger partial charge in [-0.3, -0.25) is 4.79 Å². The normalized spacial score (nSPS) is 10.6. The zero-order chi connectivity index (χ0) is 21.7. The van der Waals surface area contributed by atoms with Gasteiger partial charge in [0.2, 0.25) is 0 Å². The van der Waals surface area contributed by atoms with Crippen LogP contribution in [0, 0.1) is 13.8 Å². The average Bonchev–Trinajstić information content (AvgIpc) is 2.69. The number of benzene rings is 2. The van der Waals surface area contributed by atoms with E-state index < -0.39 is 17.5 Å². The Hall–Kier alpha value is -3.61. The maximum atomic E-state index is 12.1. The summed E-state index contributed by atoms with van der Waals surface area (Å²) in [5.74, 6) is -0.274. The summed E-state index contributed by atoms with van der Waals surface area (Å²) in [6.45, 7) is 6.01. The van der Waals surface area contributed by atoms with E-state index in [1.54, 1.807) is 12.1 Å². The Balaban J connectivity index is 1.69. The van der Waals surface area contributed by atoms with Crippen molar-refractivity contribution >= 4 is 22.8 Å². The zero-order valence-electron chi connectivity index (χ0n) is 17.1. The molecule has 0 radical (unpaired) electrons. The quantitative estimate of drug-likeness (QED) is 0.364. The second-order valence-electron chi connectivity index (χ2n) is 6.99. The molecule has 7 heteroatoms. The maximum Gasteiger partial charge on any atom is 0.349 e. The van der Waals surface area contributed by atoms with Gasteiger partial charge in [-0.2, -0.15) is 0 Å². The minimum Gasteiger partial charge on any atom is -0.482 e. The Morgan fingerprint density at radius 3 is 2.43 bits per heavy atom. The number of aryl methyl sites for hydroxylation is 2. The molecule has 0 spiro atoms. The molecule has 0 unspecified atom stereocenters. The van der Waals surface area contributed by atoms with Gasteiger partial charge in [0.1, 0.15) is 22.6 Å². The fraction of sp³-hybridized carbons (Fsp3) is 0.261. The van der Waals surface area contributed by atoms with Crippen LogP contribution in [-0.2, 0) is 4.79 Å². The van der Waals surface area contributed by atoms with Crippen LogP contribution in [0.1, 0.15) is 34.8 Å². The number of rotatable bonds is 7. The number of fused-ring (bicyclic) bond motifs is 1. The van der Waals surface area contributed by atoms with Crippen molar-refractivity contribution < 1.29 is 23.5 Å². The predicted molar refractivity (Wildman–Crippen MR) is 112 cm³/mol. The number of esters is 1. The monoisotopic (exact) mass is 409 g/mol. The van der Waals surface area contributed by atoms with E-state index in [1.165, 1.54) is 12.1 Å². The first-order chi connectivity index (χ1) is 14.4. The molecule has 0 aliphatic carbocycles. The van der Waals surface area contributed by atoms with Gasteiger partial charge in [0.25, 0.3) is 5.91 Å². The van der Waals surface area contributed by atoms with Gasteiger partial charge < -0.3 is 19.2 Å². The van der Waals surface area contributed by atoms with Crippen LogP contribution in [0.5, 0.6) is 11.5 Å². The average molecular weight is 409 g/mol. The summed E-state index contributed by atoms with van der Waals surface area (Å²) in [5, 5.41) is 3.19. The molecule has 0 atom stereocenters. The predicted octanol–water partition coefficient (Wildman–Crippen LogP) is 3.53. The molecule has 30 heavy (non-hydrogen) atoms. The van der Waals surface area contributed by atoms with Crippen LogP contribution in [0.15, 0.2) is 51.7 Å². The van der Waals surface area contributed by atoms with Crippen molar-refractivity contribution in [2.75, 3.05) is 13.2 Å². The Kier molecular flexibility index (Phi) is 6.51. The van der Waals surface area contributed by atoms with Gasteiger partial charge in [0, 0.05) is 18.0 Å². The molecule has 1 N–H and O–H groups in total. The van der Waals surface area contributed by atoms with Crippen molar-refractivity contribution in [3.63, 3.8) is 0 Å². The maximum absolute atomic E-state index is 12.1. The molecule has 0 bridgehead atoms. The number of nitrogens with one attached hydrogen (secondary N) is 1. The highest BCUT2D eigenvalue weighted by molar-refractivity contribution is 5.96. The standard InChI is InChI=1S/C23H23NO6/c1-4-7-24-22(26)19-11-16-5-6-17(12-20(16)30-23(19)27)29-21(25)13-28-18-9-14(2)8-15(3)10-18/h5-6,8-12H,4,7,13H2,1-3H3,(H,24,26). The van der Waals surface area contributed by atoms with Gasteiger partial charge in [-0.15, -0.1) is 0 Å². The number of carbonyl (C=O) groups excluding carboxylic acids is 2. The third-order valence-corrected chi connectivity index (χ3v) is 4.27. The van der Waals surface area contributed by atoms with Gasteiger partial charge in [-0.1, -0.05) is 13.0 Å². The lowest BCUT2D eigenvalue weighted by atomic mass is 10.1. The highest BCUT2D eigenvalue weighted by atomic mass is 16.6. The number of carbonyl (C=O) groups is 2. The number of hydrogen-bond donors (Lipinski definition) is 1. The number of hydrogen-bond acceptors (Lipinski definition) is 6. The minimum absolute atomic E-state index is 0.0671. The van der Waals surface area contributed by atoms with E-state index in [0.717, 1.165) is 17.5 Å². The van der Waals surface area contributed by atoms with Gasteiger partial charge >= 0.3 is 11.6 Å². The highest BCUT2D eigenvalue weighted by Crippen LogP contribution is 2.21. The molecule has 2 aromatic carbocycles.